The number of aryl methyl sites for hydroxylation is 1. The second-order valence-electron chi connectivity index (χ2n) is 4.43. The van der Waals surface area contributed by atoms with E-state index in [1.165, 1.54) is 0 Å². The zero-order chi connectivity index (χ0) is 14.2. The first kappa shape index (κ1) is 14.3. The molecule has 20 heavy (non-hydrogen) atoms. The predicted octanol–water partition coefficient (Wildman–Crippen LogP) is 1.56. The average molecular weight is 276 g/mol. The quantitative estimate of drug-likeness (QED) is 0.716. The summed E-state index contributed by atoms with van der Waals surface area (Å²) in [7, 11) is 0. The van der Waals surface area contributed by atoms with Gasteiger partial charge in [-0.3, -0.25) is 4.68 Å². The standard InChI is InChI=1S/C14H20N4O2/c1-2-20-14-10-12(4-5-13(14)19)11-15-6-3-8-18-9-7-16-17-18/h4-5,7,9-10,15,19H,2-3,6,8,11H2,1H3. The molecule has 0 saturated heterocycles. The van der Waals surface area contributed by atoms with Crippen molar-refractivity contribution in [2.75, 3.05) is 13.2 Å². The molecule has 0 amide bonds. The number of phenols is 1. The Kier molecular flexibility index (Phi) is 5.37. The van der Waals surface area contributed by atoms with Gasteiger partial charge in [0.1, 0.15) is 0 Å². The van der Waals surface area contributed by atoms with E-state index < -0.39 is 0 Å². The van der Waals surface area contributed by atoms with Gasteiger partial charge in [-0.2, -0.15) is 0 Å². The fraction of sp³-hybridized carbons (Fsp3) is 0.429. The molecular weight excluding hydrogens is 256 g/mol. The second-order valence-corrected chi connectivity index (χ2v) is 4.43. The Bertz CT molecular complexity index is 514. The molecule has 2 N–H and O–H groups in total. The Labute approximate surface area is 118 Å². The molecule has 0 fully saturated rings. The number of hydrogen-bond donors (Lipinski definition) is 2. The van der Waals surface area contributed by atoms with Gasteiger partial charge in [-0.1, -0.05) is 11.3 Å². The van der Waals surface area contributed by atoms with E-state index in [9.17, 15) is 5.11 Å². The van der Waals surface area contributed by atoms with Crippen LogP contribution in [-0.4, -0.2) is 33.3 Å². The van der Waals surface area contributed by atoms with Crippen molar-refractivity contribution < 1.29 is 9.84 Å². The molecule has 0 aliphatic carbocycles. The highest BCUT2D eigenvalue weighted by Crippen LogP contribution is 2.26. The first-order valence-electron chi connectivity index (χ1n) is 6.79. The van der Waals surface area contributed by atoms with Gasteiger partial charge in [0.25, 0.3) is 0 Å². The maximum absolute atomic E-state index is 9.62. The van der Waals surface area contributed by atoms with E-state index in [0.717, 1.165) is 31.6 Å². The lowest BCUT2D eigenvalue weighted by Crippen LogP contribution is -2.16. The van der Waals surface area contributed by atoms with Crippen LogP contribution in [0.5, 0.6) is 11.5 Å². The van der Waals surface area contributed by atoms with Crippen LogP contribution in [0, 0.1) is 0 Å². The number of ether oxygens (including phenoxy) is 1. The van der Waals surface area contributed by atoms with Crippen molar-refractivity contribution in [2.45, 2.75) is 26.4 Å². The summed E-state index contributed by atoms with van der Waals surface area (Å²) in [6.07, 6.45) is 4.52. The topological polar surface area (TPSA) is 72.2 Å². The molecule has 0 atom stereocenters. The third-order valence-corrected chi connectivity index (χ3v) is 2.87. The summed E-state index contributed by atoms with van der Waals surface area (Å²) >= 11 is 0. The molecule has 0 unspecified atom stereocenters. The largest absolute Gasteiger partial charge is 0.504 e. The fourth-order valence-electron chi connectivity index (χ4n) is 1.89. The zero-order valence-electron chi connectivity index (χ0n) is 11.6. The molecule has 0 spiro atoms. The predicted molar refractivity (Wildman–Crippen MR) is 75.6 cm³/mol. The van der Waals surface area contributed by atoms with Crippen molar-refractivity contribution in [1.29, 1.82) is 0 Å². The van der Waals surface area contributed by atoms with Gasteiger partial charge in [-0.25, -0.2) is 0 Å². The zero-order valence-corrected chi connectivity index (χ0v) is 11.6. The molecule has 0 saturated carbocycles. The van der Waals surface area contributed by atoms with Gasteiger partial charge in [0.2, 0.25) is 0 Å². The van der Waals surface area contributed by atoms with Crippen molar-refractivity contribution >= 4 is 0 Å². The number of benzene rings is 1. The van der Waals surface area contributed by atoms with E-state index in [-0.39, 0.29) is 5.75 Å². The van der Waals surface area contributed by atoms with E-state index >= 15 is 0 Å². The van der Waals surface area contributed by atoms with Crippen LogP contribution in [0.25, 0.3) is 0 Å². The maximum atomic E-state index is 9.62. The van der Waals surface area contributed by atoms with Gasteiger partial charge in [0, 0.05) is 19.3 Å². The highest BCUT2D eigenvalue weighted by Gasteiger charge is 2.03. The normalized spacial score (nSPS) is 10.7. The summed E-state index contributed by atoms with van der Waals surface area (Å²) in [5.74, 6) is 0.719. The van der Waals surface area contributed by atoms with Crippen LogP contribution in [0.3, 0.4) is 0 Å². The van der Waals surface area contributed by atoms with Gasteiger partial charge < -0.3 is 15.2 Å². The minimum Gasteiger partial charge on any atom is -0.504 e. The molecular formula is C14H20N4O2. The van der Waals surface area contributed by atoms with E-state index in [1.807, 2.05) is 29.9 Å². The molecule has 108 valence electrons. The summed E-state index contributed by atoms with van der Waals surface area (Å²) in [6, 6.07) is 5.42. The van der Waals surface area contributed by atoms with E-state index in [4.69, 9.17) is 4.74 Å². The molecule has 1 aromatic carbocycles. The Morgan fingerprint density at radius 1 is 1.40 bits per heavy atom. The molecule has 1 aromatic heterocycles. The van der Waals surface area contributed by atoms with Crippen LogP contribution in [0.15, 0.2) is 30.6 Å². The van der Waals surface area contributed by atoms with Gasteiger partial charge in [0.15, 0.2) is 11.5 Å². The van der Waals surface area contributed by atoms with Crippen LogP contribution in [-0.2, 0) is 13.1 Å². The first-order chi connectivity index (χ1) is 9.79. The summed E-state index contributed by atoms with van der Waals surface area (Å²) in [4.78, 5) is 0. The minimum atomic E-state index is 0.182. The number of aromatic hydroxyl groups is 1. The smallest absolute Gasteiger partial charge is 0.161 e. The monoisotopic (exact) mass is 276 g/mol. The Balaban J connectivity index is 1.72. The van der Waals surface area contributed by atoms with Crippen LogP contribution >= 0.6 is 0 Å². The number of rotatable bonds is 8. The van der Waals surface area contributed by atoms with Crippen LogP contribution < -0.4 is 10.1 Å². The molecule has 2 rings (SSSR count). The van der Waals surface area contributed by atoms with Crippen LogP contribution in [0.2, 0.25) is 0 Å². The summed E-state index contributed by atoms with van der Waals surface area (Å²) in [6.45, 7) is 4.94. The molecule has 0 radical (unpaired) electrons. The van der Waals surface area contributed by atoms with Crippen molar-refractivity contribution in [3.05, 3.63) is 36.2 Å². The van der Waals surface area contributed by atoms with Crippen molar-refractivity contribution in [2.24, 2.45) is 0 Å². The van der Waals surface area contributed by atoms with Crippen molar-refractivity contribution in [3.8, 4) is 11.5 Å². The minimum absolute atomic E-state index is 0.182. The first-order valence-corrected chi connectivity index (χ1v) is 6.79. The molecule has 0 aliphatic rings. The fourth-order valence-corrected chi connectivity index (χ4v) is 1.89. The third-order valence-electron chi connectivity index (χ3n) is 2.87. The van der Waals surface area contributed by atoms with Crippen molar-refractivity contribution in [3.63, 3.8) is 0 Å². The van der Waals surface area contributed by atoms with Gasteiger partial charge in [-0.15, -0.1) is 5.10 Å². The van der Waals surface area contributed by atoms with Gasteiger partial charge in [0.05, 0.1) is 12.8 Å². The van der Waals surface area contributed by atoms with Crippen LogP contribution in [0.4, 0.5) is 0 Å². The Hall–Kier alpha value is -2.08. The molecule has 2 aromatic rings. The van der Waals surface area contributed by atoms with Gasteiger partial charge >= 0.3 is 0 Å². The van der Waals surface area contributed by atoms with E-state index in [1.54, 1.807) is 12.3 Å². The number of nitrogens with zero attached hydrogens (tertiary/aromatic N) is 3. The highest BCUT2D eigenvalue weighted by atomic mass is 16.5. The van der Waals surface area contributed by atoms with E-state index in [2.05, 4.69) is 15.6 Å². The number of aromatic nitrogens is 3. The molecule has 0 aliphatic heterocycles. The second kappa shape index (κ2) is 7.49. The number of hydrogen-bond acceptors (Lipinski definition) is 5. The summed E-state index contributed by atoms with van der Waals surface area (Å²) in [5.41, 5.74) is 1.09. The SMILES string of the molecule is CCOc1cc(CNCCCn2ccnn2)ccc1O. The van der Waals surface area contributed by atoms with Crippen LogP contribution in [0.1, 0.15) is 18.9 Å². The summed E-state index contributed by atoms with van der Waals surface area (Å²) in [5, 5.41) is 20.6. The van der Waals surface area contributed by atoms with Gasteiger partial charge in [-0.05, 0) is 37.6 Å². The average Bonchev–Trinajstić information content (AvgIpc) is 2.95. The van der Waals surface area contributed by atoms with Crippen molar-refractivity contribution in [1.82, 2.24) is 20.3 Å². The highest BCUT2D eigenvalue weighted by molar-refractivity contribution is 5.41. The Morgan fingerprint density at radius 3 is 3.05 bits per heavy atom. The number of phenolic OH excluding ortho intramolecular Hbond substituents is 1. The molecule has 1 heterocycles. The third kappa shape index (κ3) is 4.24. The lowest BCUT2D eigenvalue weighted by atomic mass is 10.2. The maximum Gasteiger partial charge on any atom is 0.161 e. The Morgan fingerprint density at radius 2 is 2.30 bits per heavy atom. The van der Waals surface area contributed by atoms with E-state index in [0.29, 0.717) is 12.4 Å². The lowest BCUT2D eigenvalue weighted by molar-refractivity contribution is 0.317. The molecule has 6 nitrogen and oxygen atoms in total. The summed E-state index contributed by atoms with van der Waals surface area (Å²) < 4.78 is 7.17. The number of nitrogens with one attached hydrogen (secondary N) is 1. The molecule has 6 heteroatoms. The molecule has 0 bridgehead atoms. The lowest BCUT2D eigenvalue weighted by Gasteiger charge is -2.09.